The number of nitrogens with zero attached hydrogens (tertiary/aromatic N) is 3. The molecular formula is C23H28N4O5. The Bertz CT molecular complexity index is 1100. The molecule has 0 radical (unpaired) electrons. The lowest BCUT2D eigenvalue weighted by Gasteiger charge is -2.38. The Balaban J connectivity index is 1.76. The molecule has 3 rings (SSSR count). The van der Waals surface area contributed by atoms with Crippen molar-refractivity contribution >= 4 is 28.7 Å². The maximum Gasteiger partial charge on any atom is 0.408 e. The maximum atomic E-state index is 12.8. The molecule has 0 bridgehead atoms. The van der Waals surface area contributed by atoms with Crippen molar-refractivity contribution in [3.63, 3.8) is 0 Å². The average Bonchev–Trinajstić information content (AvgIpc) is 3.16. The first-order valence-electron chi connectivity index (χ1n) is 10.5. The van der Waals surface area contributed by atoms with Gasteiger partial charge in [0.05, 0.1) is 23.0 Å². The van der Waals surface area contributed by atoms with Crippen molar-refractivity contribution in [3.8, 4) is 11.6 Å². The monoisotopic (exact) mass is 440 g/mol. The molecule has 3 aromatic rings. The van der Waals surface area contributed by atoms with E-state index >= 15 is 0 Å². The van der Waals surface area contributed by atoms with Crippen LogP contribution in [0.25, 0.3) is 11.0 Å². The number of carboxylic acid groups (broad SMARTS) is 1. The summed E-state index contributed by atoms with van der Waals surface area (Å²) in [5.41, 5.74) is 1.15. The fourth-order valence-corrected chi connectivity index (χ4v) is 3.57. The molecule has 2 heterocycles. The van der Waals surface area contributed by atoms with Crippen LogP contribution in [0.1, 0.15) is 46.7 Å². The number of hydrogen-bond donors (Lipinski definition) is 2. The smallest absolute Gasteiger partial charge is 0.408 e. The summed E-state index contributed by atoms with van der Waals surface area (Å²) in [6.07, 6.45) is 1.37. The molecule has 170 valence electrons. The molecule has 0 aliphatic rings. The van der Waals surface area contributed by atoms with Gasteiger partial charge < -0.3 is 19.7 Å². The zero-order chi connectivity index (χ0) is 23.5. The Morgan fingerprint density at radius 3 is 2.53 bits per heavy atom. The van der Waals surface area contributed by atoms with E-state index in [9.17, 15) is 14.7 Å². The highest BCUT2D eigenvalue weighted by Gasteiger charge is 2.36. The average molecular weight is 441 g/mol. The number of hydrogen-bond acceptors (Lipinski definition) is 6. The first kappa shape index (κ1) is 23.1. The third kappa shape index (κ3) is 4.82. The molecule has 32 heavy (non-hydrogen) atoms. The summed E-state index contributed by atoms with van der Waals surface area (Å²) in [7, 11) is 0. The van der Waals surface area contributed by atoms with Gasteiger partial charge in [0.1, 0.15) is 11.8 Å². The van der Waals surface area contributed by atoms with Crippen LogP contribution in [0, 0.1) is 0 Å². The zero-order valence-corrected chi connectivity index (χ0v) is 18.9. The maximum absolute atomic E-state index is 12.8. The van der Waals surface area contributed by atoms with Crippen LogP contribution in [0.4, 0.5) is 10.5 Å². The van der Waals surface area contributed by atoms with E-state index in [-0.39, 0.29) is 0 Å². The second-order valence-electron chi connectivity index (χ2n) is 8.34. The van der Waals surface area contributed by atoms with Gasteiger partial charge in [-0.25, -0.2) is 9.78 Å². The van der Waals surface area contributed by atoms with Crippen LogP contribution in [-0.4, -0.2) is 43.7 Å². The molecule has 2 amide bonds. The van der Waals surface area contributed by atoms with Gasteiger partial charge >= 0.3 is 6.09 Å². The third-order valence-corrected chi connectivity index (χ3v) is 5.01. The van der Waals surface area contributed by atoms with Gasteiger partial charge in [-0.2, -0.15) is 0 Å². The van der Waals surface area contributed by atoms with Crippen LogP contribution >= 0.6 is 0 Å². The van der Waals surface area contributed by atoms with Crippen molar-refractivity contribution in [1.82, 2.24) is 15.0 Å². The van der Waals surface area contributed by atoms with Crippen molar-refractivity contribution in [2.24, 2.45) is 0 Å². The van der Waals surface area contributed by atoms with E-state index in [1.807, 2.05) is 25.1 Å². The first-order valence-corrected chi connectivity index (χ1v) is 10.5. The van der Waals surface area contributed by atoms with Crippen LogP contribution in [0.15, 0.2) is 41.1 Å². The number of carbonyl (C=O) groups excluding carboxylic acids is 1. The van der Waals surface area contributed by atoms with E-state index in [4.69, 9.17) is 9.26 Å². The summed E-state index contributed by atoms with van der Waals surface area (Å²) in [6.45, 7) is 9.02. The van der Waals surface area contributed by atoms with Crippen molar-refractivity contribution in [1.29, 1.82) is 0 Å². The van der Waals surface area contributed by atoms with Crippen molar-refractivity contribution < 1.29 is 24.0 Å². The molecule has 9 nitrogen and oxygen atoms in total. The lowest BCUT2D eigenvalue weighted by atomic mass is 10.0. The highest BCUT2D eigenvalue weighted by Crippen LogP contribution is 2.32. The van der Waals surface area contributed by atoms with Crippen LogP contribution in [0.2, 0.25) is 0 Å². The molecule has 0 fully saturated rings. The molecule has 1 atom stereocenters. The summed E-state index contributed by atoms with van der Waals surface area (Å²) in [5, 5.41) is 17.2. The Labute approximate surface area is 186 Å². The van der Waals surface area contributed by atoms with Crippen molar-refractivity contribution in [3.05, 3.63) is 42.2 Å². The summed E-state index contributed by atoms with van der Waals surface area (Å²) in [4.78, 5) is 30.0. The molecule has 2 aromatic heterocycles. The van der Waals surface area contributed by atoms with Crippen LogP contribution in [0.3, 0.4) is 0 Å². The van der Waals surface area contributed by atoms with Crippen LogP contribution < -0.4 is 10.1 Å². The molecule has 0 saturated carbocycles. The minimum absolute atomic E-state index is 0.340. The topological polar surface area (TPSA) is 118 Å². The molecule has 0 saturated heterocycles. The fraction of sp³-hybridized carbons (Fsp3) is 0.391. The lowest BCUT2D eigenvalue weighted by Crippen LogP contribution is -2.55. The lowest BCUT2D eigenvalue weighted by molar-refractivity contribution is -0.122. The number of ether oxygens (including phenoxy) is 1. The van der Waals surface area contributed by atoms with E-state index in [1.165, 1.54) is 6.20 Å². The van der Waals surface area contributed by atoms with Crippen LogP contribution in [-0.2, 0) is 11.2 Å². The number of pyridine rings is 1. The number of aryl methyl sites for hydroxylation is 1. The molecule has 9 heteroatoms. The number of aromatic nitrogens is 2. The first-order chi connectivity index (χ1) is 15.2. The van der Waals surface area contributed by atoms with Gasteiger partial charge in [-0.05, 0) is 51.8 Å². The number of carbonyl (C=O) groups is 2. The van der Waals surface area contributed by atoms with Gasteiger partial charge in [0.15, 0.2) is 5.58 Å². The SMILES string of the molecule is CCc1noc2cccc(Oc3ccc(NC(=O)[C@@H](CC)N(C(=O)O)C(C)(C)C)cn3)c12. The van der Waals surface area contributed by atoms with Crippen molar-refractivity contribution in [2.45, 2.75) is 59.0 Å². The molecule has 0 unspecified atom stereocenters. The highest BCUT2D eigenvalue weighted by atomic mass is 16.5. The van der Waals surface area contributed by atoms with E-state index in [2.05, 4.69) is 15.5 Å². The van der Waals surface area contributed by atoms with E-state index < -0.39 is 23.6 Å². The number of fused-ring (bicyclic) bond motifs is 1. The van der Waals surface area contributed by atoms with Crippen molar-refractivity contribution in [2.75, 3.05) is 5.32 Å². The molecule has 0 aliphatic heterocycles. The number of anilines is 1. The fourth-order valence-electron chi connectivity index (χ4n) is 3.57. The highest BCUT2D eigenvalue weighted by molar-refractivity contribution is 5.96. The normalized spacial score (nSPS) is 12.4. The van der Waals surface area contributed by atoms with E-state index in [1.54, 1.807) is 39.8 Å². The van der Waals surface area contributed by atoms with Gasteiger partial charge in [0, 0.05) is 11.6 Å². The molecule has 2 N–H and O–H groups in total. The van der Waals surface area contributed by atoms with E-state index in [0.717, 1.165) is 16.0 Å². The Kier molecular flexibility index (Phi) is 6.67. The number of amides is 2. The molecule has 0 spiro atoms. The minimum Gasteiger partial charge on any atom is -0.465 e. The standard InChI is InChI=1S/C23H28N4O5/c1-6-15-20-17(9-8-10-18(20)32-26-15)31-19-12-11-14(13-24-19)25-21(28)16(7-2)27(22(29)30)23(3,4)5/h8-13,16H,6-7H2,1-5H3,(H,25,28)(H,29,30)/t16-/m1/s1. The zero-order valence-electron chi connectivity index (χ0n) is 18.9. The predicted octanol–water partition coefficient (Wildman–Crippen LogP) is 5.07. The second kappa shape index (κ2) is 9.25. The quantitative estimate of drug-likeness (QED) is 0.526. The molecule has 1 aromatic carbocycles. The Morgan fingerprint density at radius 1 is 1.22 bits per heavy atom. The van der Waals surface area contributed by atoms with Gasteiger partial charge in [-0.3, -0.25) is 9.69 Å². The van der Waals surface area contributed by atoms with Gasteiger partial charge in [0.2, 0.25) is 11.8 Å². The largest absolute Gasteiger partial charge is 0.465 e. The summed E-state index contributed by atoms with van der Waals surface area (Å²) in [5.74, 6) is 0.507. The Morgan fingerprint density at radius 2 is 1.97 bits per heavy atom. The third-order valence-electron chi connectivity index (χ3n) is 5.01. The Hall–Kier alpha value is -3.62. The minimum atomic E-state index is -1.14. The van der Waals surface area contributed by atoms with Gasteiger partial charge in [-0.15, -0.1) is 0 Å². The van der Waals surface area contributed by atoms with Gasteiger partial charge in [0.25, 0.3) is 0 Å². The summed E-state index contributed by atoms with van der Waals surface area (Å²) in [6, 6.07) is 7.90. The number of benzene rings is 1. The number of nitrogens with one attached hydrogen (secondary N) is 1. The second-order valence-corrected chi connectivity index (χ2v) is 8.34. The van der Waals surface area contributed by atoms with Gasteiger partial charge in [-0.1, -0.05) is 25.1 Å². The van der Waals surface area contributed by atoms with Crippen LogP contribution in [0.5, 0.6) is 11.6 Å². The summed E-state index contributed by atoms with van der Waals surface area (Å²) < 4.78 is 11.3. The summed E-state index contributed by atoms with van der Waals surface area (Å²) >= 11 is 0. The molecule has 0 aliphatic carbocycles. The van der Waals surface area contributed by atoms with E-state index in [0.29, 0.717) is 35.7 Å². The molecular weight excluding hydrogens is 412 g/mol. The number of rotatable bonds is 7. The predicted molar refractivity (Wildman–Crippen MR) is 120 cm³/mol.